The van der Waals surface area contributed by atoms with E-state index < -0.39 is 5.60 Å². The van der Waals surface area contributed by atoms with Gasteiger partial charge < -0.3 is 10.4 Å². The molecular formula is C27H42N2O. The maximum Gasteiger partial charge on any atom is 0.0622 e. The zero-order chi connectivity index (χ0) is 20.9. The Morgan fingerprint density at radius 3 is 2.70 bits per heavy atom. The van der Waals surface area contributed by atoms with Crippen LogP contribution >= 0.6 is 0 Å². The van der Waals surface area contributed by atoms with E-state index in [0.717, 1.165) is 54.9 Å². The molecule has 0 saturated heterocycles. The Labute approximate surface area is 183 Å². The molecule has 0 aromatic carbocycles. The van der Waals surface area contributed by atoms with Gasteiger partial charge in [0.1, 0.15) is 0 Å². The summed E-state index contributed by atoms with van der Waals surface area (Å²) in [5, 5.41) is 14.5. The molecule has 0 aliphatic heterocycles. The van der Waals surface area contributed by atoms with Gasteiger partial charge in [-0.1, -0.05) is 13.0 Å². The summed E-state index contributed by atoms with van der Waals surface area (Å²) in [6.07, 6.45) is 15.7. The molecule has 3 heteroatoms. The fraction of sp³-hybridized carbons (Fsp3) is 0.815. The van der Waals surface area contributed by atoms with Crippen LogP contribution in [-0.2, 0) is 6.54 Å². The van der Waals surface area contributed by atoms with E-state index in [1.54, 1.807) is 0 Å². The lowest BCUT2D eigenvalue weighted by molar-refractivity contribution is -0.101. The fourth-order valence-electron chi connectivity index (χ4n) is 8.87. The van der Waals surface area contributed by atoms with E-state index in [0.29, 0.717) is 11.5 Å². The molecule has 4 saturated carbocycles. The molecule has 1 aromatic rings. The Morgan fingerprint density at radius 1 is 1.07 bits per heavy atom. The first-order chi connectivity index (χ1) is 14.4. The first-order valence-electron chi connectivity index (χ1n) is 12.7. The molecule has 30 heavy (non-hydrogen) atoms. The van der Waals surface area contributed by atoms with Gasteiger partial charge >= 0.3 is 0 Å². The molecule has 2 N–H and O–H groups in total. The molecule has 3 nitrogen and oxygen atoms in total. The molecule has 1 aromatic heterocycles. The largest absolute Gasteiger partial charge is 0.390 e. The van der Waals surface area contributed by atoms with Crippen molar-refractivity contribution < 1.29 is 5.11 Å². The molecule has 9 atom stereocenters. The Morgan fingerprint density at radius 2 is 1.90 bits per heavy atom. The number of aromatic nitrogens is 1. The average molecular weight is 411 g/mol. The fourth-order valence-corrected chi connectivity index (χ4v) is 8.87. The summed E-state index contributed by atoms with van der Waals surface area (Å²) >= 11 is 0. The highest BCUT2D eigenvalue weighted by atomic mass is 16.3. The summed E-state index contributed by atoms with van der Waals surface area (Å²) < 4.78 is 0. The van der Waals surface area contributed by atoms with Crippen LogP contribution in [0, 0.1) is 40.9 Å². The number of hydrogen-bond donors (Lipinski definition) is 2. The third-order valence-corrected chi connectivity index (χ3v) is 10.3. The summed E-state index contributed by atoms with van der Waals surface area (Å²) in [4.78, 5) is 4.27. The van der Waals surface area contributed by atoms with Gasteiger partial charge in [0.2, 0.25) is 0 Å². The second-order valence-electron chi connectivity index (χ2n) is 11.9. The number of hydrogen-bond acceptors (Lipinski definition) is 3. The van der Waals surface area contributed by atoms with Crippen molar-refractivity contribution in [1.82, 2.24) is 10.3 Å². The maximum atomic E-state index is 10.6. The zero-order valence-corrected chi connectivity index (χ0v) is 19.3. The van der Waals surface area contributed by atoms with Crippen LogP contribution in [0.4, 0.5) is 0 Å². The Balaban J connectivity index is 1.26. The predicted molar refractivity (Wildman–Crippen MR) is 122 cm³/mol. The maximum absolute atomic E-state index is 10.6. The molecule has 4 fully saturated rings. The van der Waals surface area contributed by atoms with Crippen molar-refractivity contribution in [2.75, 3.05) is 0 Å². The van der Waals surface area contributed by atoms with E-state index in [9.17, 15) is 5.11 Å². The van der Waals surface area contributed by atoms with Gasteiger partial charge in [0.25, 0.3) is 0 Å². The van der Waals surface area contributed by atoms with Gasteiger partial charge in [-0.25, -0.2) is 0 Å². The van der Waals surface area contributed by atoms with Gasteiger partial charge in [-0.3, -0.25) is 4.98 Å². The van der Waals surface area contributed by atoms with Crippen LogP contribution in [0.2, 0.25) is 0 Å². The average Bonchev–Trinajstić information content (AvgIpc) is 3.09. The first-order valence-corrected chi connectivity index (χ1v) is 12.7. The third-order valence-electron chi connectivity index (χ3n) is 10.3. The van der Waals surface area contributed by atoms with Gasteiger partial charge in [0.15, 0.2) is 0 Å². The van der Waals surface area contributed by atoms with Crippen LogP contribution < -0.4 is 5.32 Å². The summed E-state index contributed by atoms with van der Waals surface area (Å²) in [7, 11) is 0. The molecule has 4 aliphatic carbocycles. The van der Waals surface area contributed by atoms with Crippen LogP contribution in [0.1, 0.15) is 84.1 Å². The van der Waals surface area contributed by atoms with Gasteiger partial charge in [-0.15, -0.1) is 0 Å². The number of fused-ring (bicyclic) bond motifs is 5. The van der Waals surface area contributed by atoms with Crippen molar-refractivity contribution >= 4 is 0 Å². The third kappa shape index (κ3) is 3.64. The van der Waals surface area contributed by atoms with Crippen molar-refractivity contribution in [3.63, 3.8) is 0 Å². The highest BCUT2D eigenvalue weighted by molar-refractivity contribution is 5.10. The van der Waals surface area contributed by atoms with Gasteiger partial charge in [-0.05, 0) is 124 Å². The zero-order valence-electron chi connectivity index (χ0n) is 19.3. The molecule has 0 spiro atoms. The smallest absolute Gasteiger partial charge is 0.0622 e. The molecule has 1 heterocycles. The molecular weight excluding hydrogens is 368 g/mol. The Hall–Kier alpha value is -0.930. The number of rotatable bonds is 4. The molecule has 0 radical (unpaired) electrons. The lowest BCUT2D eigenvalue weighted by Gasteiger charge is -2.57. The molecule has 0 amide bonds. The normalized spacial score (nSPS) is 46.5. The minimum atomic E-state index is -0.398. The minimum Gasteiger partial charge on any atom is -0.390 e. The molecule has 0 bridgehead atoms. The van der Waals surface area contributed by atoms with Crippen LogP contribution in [0.3, 0.4) is 0 Å². The number of pyridine rings is 1. The molecule has 0 unspecified atom stereocenters. The summed E-state index contributed by atoms with van der Waals surface area (Å²) in [6, 6.07) is 4.78. The second kappa shape index (κ2) is 7.89. The van der Waals surface area contributed by atoms with E-state index >= 15 is 0 Å². The van der Waals surface area contributed by atoms with E-state index in [-0.39, 0.29) is 0 Å². The minimum absolute atomic E-state index is 0.398. The highest BCUT2D eigenvalue weighted by Crippen LogP contribution is 2.65. The monoisotopic (exact) mass is 410 g/mol. The van der Waals surface area contributed by atoms with Crippen molar-refractivity contribution in [3.8, 4) is 0 Å². The topological polar surface area (TPSA) is 45.2 Å². The second-order valence-corrected chi connectivity index (χ2v) is 11.9. The SMILES string of the molecule is C[C@@H](NCc1cccnc1)[C@H]1CC[C@H]2[C@@H]3CC[C@@H]4C[C@](C)(O)CC[C@@H]4[C@H]3CC[C@]12C. The van der Waals surface area contributed by atoms with Crippen LogP contribution in [0.5, 0.6) is 0 Å². The highest BCUT2D eigenvalue weighted by Gasteiger charge is 2.58. The van der Waals surface area contributed by atoms with E-state index in [2.05, 4.69) is 37.1 Å². The van der Waals surface area contributed by atoms with E-state index in [1.165, 1.54) is 50.5 Å². The van der Waals surface area contributed by atoms with Gasteiger partial charge in [0, 0.05) is 25.0 Å². The van der Waals surface area contributed by atoms with Crippen molar-refractivity contribution in [3.05, 3.63) is 30.1 Å². The first kappa shape index (κ1) is 20.9. The molecule has 4 aliphatic rings. The van der Waals surface area contributed by atoms with Crippen molar-refractivity contribution in [1.29, 1.82) is 0 Å². The predicted octanol–water partition coefficient (Wildman–Crippen LogP) is 5.58. The summed E-state index contributed by atoms with van der Waals surface area (Å²) in [6.45, 7) is 8.09. The lowest BCUT2D eigenvalue weighted by Crippen LogP contribution is -2.52. The van der Waals surface area contributed by atoms with Crippen molar-refractivity contribution in [2.24, 2.45) is 40.9 Å². The van der Waals surface area contributed by atoms with Crippen molar-refractivity contribution in [2.45, 2.75) is 96.7 Å². The number of nitrogens with zero attached hydrogens (tertiary/aromatic N) is 1. The lowest BCUT2D eigenvalue weighted by atomic mass is 9.49. The van der Waals surface area contributed by atoms with Gasteiger partial charge in [0.05, 0.1) is 5.60 Å². The number of nitrogens with one attached hydrogen (secondary N) is 1. The number of aliphatic hydroxyl groups is 1. The summed E-state index contributed by atoms with van der Waals surface area (Å²) in [5.74, 6) is 5.29. The molecule has 5 rings (SSSR count). The summed E-state index contributed by atoms with van der Waals surface area (Å²) in [5.41, 5.74) is 1.40. The molecule has 166 valence electrons. The van der Waals surface area contributed by atoms with E-state index in [4.69, 9.17) is 0 Å². The van der Waals surface area contributed by atoms with Crippen LogP contribution in [0.15, 0.2) is 24.5 Å². The standard InChI is InChI=1S/C27H42N2O/c1-18(29-17-19-5-4-14-28-16-19)24-8-9-25-23-7-6-20-15-26(2,30)12-10-21(20)22(23)11-13-27(24,25)3/h4-5,14,16,18,20-25,29-30H,6-13,15,17H2,1-3H3/t18-,20-,21+,22-,23-,24-,25+,26-,27-/m1/s1. The van der Waals surface area contributed by atoms with Crippen LogP contribution in [0.25, 0.3) is 0 Å². The van der Waals surface area contributed by atoms with Crippen LogP contribution in [-0.4, -0.2) is 21.7 Å². The van der Waals surface area contributed by atoms with Gasteiger partial charge in [-0.2, -0.15) is 0 Å². The Kier molecular flexibility index (Phi) is 5.51. The van der Waals surface area contributed by atoms with E-state index in [1.807, 2.05) is 18.5 Å². The Bertz CT molecular complexity index is 734. The quantitative estimate of drug-likeness (QED) is 0.681.